The fourth-order valence-electron chi connectivity index (χ4n) is 3.12. The van der Waals surface area contributed by atoms with Gasteiger partial charge in [0.1, 0.15) is 0 Å². The van der Waals surface area contributed by atoms with Gasteiger partial charge in [-0.05, 0) is 36.5 Å². The number of hydrogen-bond donors (Lipinski definition) is 1. The highest BCUT2D eigenvalue weighted by Crippen LogP contribution is 2.38. The van der Waals surface area contributed by atoms with Crippen molar-refractivity contribution in [2.75, 3.05) is 13.1 Å². The summed E-state index contributed by atoms with van der Waals surface area (Å²) in [5.41, 5.74) is 3.37. The van der Waals surface area contributed by atoms with E-state index in [1.54, 1.807) is 0 Å². The number of carbonyl (C=O) groups excluding carboxylic acids is 1. The summed E-state index contributed by atoms with van der Waals surface area (Å²) in [6.45, 7) is 5.62. The van der Waals surface area contributed by atoms with Gasteiger partial charge in [-0.3, -0.25) is 4.98 Å². The van der Waals surface area contributed by atoms with Crippen molar-refractivity contribution in [2.45, 2.75) is 26.3 Å². The lowest BCUT2D eigenvalue weighted by atomic mass is 9.85. The average molecular weight is 309 g/mol. The van der Waals surface area contributed by atoms with E-state index in [2.05, 4.69) is 35.4 Å². The standard InChI is InChI=1S/C19H23N3O/c1-14-13-22(18(14)17-6-4-3-5-7-17)19(23)20-11-10-16-9-8-15(2)21-12-16/h3-9,12,14,18H,10-11,13H2,1-2H3,(H,20,23)/t14-,18-/m0/s1. The minimum atomic E-state index is 0.0250. The first kappa shape index (κ1) is 15.5. The molecule has 4 heteroatoms. The van der Waals surface area contributed by atoms with Gasteiger partial charge in [-0.15, -0.1) is 0 Å². The smallest absolute Gasteiger partial charge is 0.317 e. The molecule has 0 radical (unpaired) electrons. The van der Waals surface area contributed by atoms with E-state index in [-0.39, 0.29) is 12.1 Å². The Morgan fingerprint density at radius 1 is 1.26 bits per heavy atom. The summed E-state index contributed by atoms with van der Waals surface area (Å²) >= 11 is 0. The fraction of sp³-hybridized carbons (Fsp3) is 0.368. The molecule has 4 nitrogen and oxygen atoms in total. The number of rotatable bonds is 4. The first-order chi connectivity index (χ1) is 11.1. The lowest BCUT2D eigenvalue weighted by Crippen LogP contribution is -2.55. The second kappa shape index (κ2) is 6.82. The number of likely N-dealkylation sites (tertiary alicyclic amines) is 1. The van der Waals surface area contributed by atoms with E-state index in [1.807, 2.05) is 42.3 Å². The molecule has 23 heavy (non-hydrogen) atoms. The number of urea groups is 1. The molecular formula is C19H23N3O. The maximum Gasteiger partial charge on any atom is 0.317 e. The van der Waals surface area contributed by atoms with Gasteiger partial charge in [0.2, 0.25) is 0 Å². The zero-order chi connectivity index (χ0) is 16.2. The second-order valence-electron chi connectivity index (χ2n) is 6.27. The summed E-state index contributed by atoms with van der Waals surface area (Å²) < 4.78 is 0. The van der Waals surface area contributed by atoms with Crippen molar-refractivity contribution in [3.05, 3.63) is 65.5 Å². The number of aryl methyl sites for hydroxylation is 1. The minimum absolute atomic E-state index is 0.0250. The molecule has 2 aromatic rings. The van der Waals surface area contributed by atoms with Crippen LogP contribution in [0.25, 0.3) is 0 Å². The van der Waals surface area contributed by atoms with Crippen LogP contribution in [0.5, 0.6) is 0 Å². The van der Waals surface area contributed by atoms with Crippen molar-refractivity contribution in [2.24, 2.45) is 5.92 Å². The summed E-state index contributed by atoms with van der Waals surface area (Å²) in [6, 6.07) is 14.5. The van der Waals surface area contributed by atoms with Crippen molar-refractivity contribution >= 4 is 6.03 Å². The molecule has 1 aliphatic rings. The molecule has 0 spiro atoms. The molecule has 1 aromatic heterocycles. The number of benzene rings is 1. The van der Waals surface area contributed by atoms with Crippen LogP contribution in [-0.2, 0) is 6.42 Å². The highest BCUT2D eigenvalue weighted by molar-refractivity contribution is 5.75. The molecule has 0 bridgehead atoms. The van der Waals surface area contributed by atoms with Crippen LogP contribution in [0.3, 0.4) is 0 Å². The van der Waals surface area contributed by atoms with Gasteiger partial charge in [-0.2, -0.15) is 0 Å². The summed E-state index contributed by atoms with van der Waals surface area (Å²) in [5, 5.41) is 3.03. The normalized spacial score (nSPS) is 20.0. The van der Waals surface area contributed by atoms with Crippen molar-refractivity contribution in [1.29, 1.82) is 0 Å². The van der Waals surface area contributed by atoms with Crippen LogP contribution in [0.2, 0.25) is 0 Å². The highest BCUT2D eigenvalue weighted by Gasteiger charge is 2.39. The van der Waals surface area contributed by atoms with Gasteiger partial charge in [0.25, 0.3) is 0 Å². The molecule has 1 aromatic carbocycles. The van der Waals surface area contributed by atoms with E-state index in [0.717, 1.165) is 24.2 Å². The van der Waals surface area contributed by atoms with Crippen molar-refractivity contribution in [1.82, 2.24) is 15.2 Å². The summed E-state index contributed by atoms with van der Waals surface area (Å²) in [5.74, 6) is 0.504. The fourth-order valence-corrected chi connectivity index (χ4v) is 3.12. The zero-order valence-electron chi connectivity index (χ0n) is 13.7. The van der Waals surface area contributed by atoms with Crippen molar-refractivity contribution in [3.8, 4) is 0 Å². The molecule has 0 aliphatic carbocycles. The Bertz CT molecular complexity index is 654. The van der Waals surface area contributed by atoms with Crippen molar-refractivity contribution in [3.63, 3.8) is 0 Å². The predicted molar refractivity (Wildman–Crippen MR) is 91.1 cm³/mol. The maximum atomic E-state index is 12.4. The summed E-state index contributed by atoms with van der Waals surface area (Å²) in [7, 11) is 0. The zero-order valence-corrected chi connectivity index (χ0v) is 13.7. The van der Waals surface area contributed by atoms with Gasteiger partial charge in [-0.1, -0.05) is 43.3 Å². The largest absolute Gasteiger partial charge is 0.338 e. The van der Waals surface area contributed by atoms with Crippen LogP contribution in [0.1, 0.15) is 29.8 Å². The quantitative estimate of drug-likeness (QED) is 0.941. The number of pyridine rings is 1. The third-order valence-electron chi connectivity index (χ3n) is 4.42. The van der Waals surface area contributed by atoms with Crippen LogP contribution in [0, 0.1) is 12.8 Å². The Labute approximate surface area is 137 Å². The van der Waals surface area contributed by atoms with E-state index < -0.39 is 0 Å². The lowest BCUT2D eigenvalue weighted by Gasteiger charge is -2.46. The Hall–Kier alpha value is -2.36. The second-order valence-corrected chi connectivity index (χ2v) is 6.27. The monoisotopic (exact) mass is 309 g/mol. The lowest BCUT2D eigenvalue weighted by molar-refractivity contribution is 0.0594. The Balaban J connectivity index is 1.53. The van der Waals surface area contributed by atoms with Crippen LogP contribution in [0.15, 0.2) is 48.7 Å². The first-order valence-corrected chi connectivity index (χ1v) is 8.16. The number of aromatic nitrogens is 1. The maximum absolute atomic E-state index is 12.4. The molecule has 1 aliphatic heterocycles. The summed E-state index contributed by atoms with van der Waals surface area (Å²) in [6.07, 6.45) is 2.68. The number of carbonyl (C=O) groups is 1. The number of nitrogens with one attached hydrogen (secondary N) is 1. The van der Waals surface area contributed by atoms with E-state index in [0.29, 0.717) is 12.5 Å². The molecule has 1 saturated heterocycles. The highest BCUT2D eigenvalue weighted by atomic mass is 16.2. The number of hydrogen-bond acceptors (Lipinski definition) is 2. The van der Waals surface area contributed by atoms with Gasteiger partial charge in [0.05, 0.1) is 6.04 Å². The van der Waals surface area contributed by atoms with Gasteiger partial charge >= 0.3 is 6.03 Å². The first-order valence-electron chi connectivity index (χ1n) is 8.16. The van der Waals surface area contributed by atoms with Gasteiger partial charge < -0.3 is 10.2 Å². The molecule has 0 saturated carbocycles. The van der Waals surface area contributed by atoms with Gasteiger partial charge in [0.15, 0.2) is 0 Å². The van der Waals surface area contributed by atoms with Crippen LogP contribution < -0.4 is 5.32 Å². The average Bonchev–Trinajstić information content (AvgIpc) is 2.55. The predicted octanol–water partition coefficient (Wildman–Crippen LogP) is 3.34. The van der Waals surface area contributed by atoms with E-state index >= 15 is 0 Å². The molecule has 0 unspecified atom stereocenters. The molecular weight excluding hydrogens is 286 g/mol. The molecule has 2 amide bonds. The Morgan fingerprint density at radius 2 is 2.04 bits per heavy atom. The van der Waals surface area contributed by atoms with Crippen LogP contribution >= 0.6 is 0 Å². The number of nitrogens with zero attached hydrogens (tertiary/aromatic N) is 2. The summed E-state index contributed by atoms with van der Waals surface area (Å²) in [4.78, 5) is 18.6. The van der Waals surface area contributed by atoms with E-state index in [1.165, 1.54) is 5.56 Å². The van der Waals surface area contributed by atoms with E-state index in [9.17, 15) is 4.79 Å². The SMILES string of the molecule is Cc1ccc(CCNC(=O)N2C[C@H](C)[C@H]2c2ccccc2)cn1. The molecule has 120 valence electrons. The molecule has 2 heterocycles. The third-order valence-corrected chi connectivity index (χ3v) is 4.42. The Kier molecular flexibility index (Phi) is 4.60. The topological polar surface area (TPSA) is 45.2 Å². The van der Waals surface area contributed by atoms with Crippen LogP contribution in [-0.4, -0.2) is 29.0 Å². The number of amides is 2. The van der Waals surface area contributed by atoms with Gasteiger partial charge in [-0.25, -0.2) is 4.79 Å². The third kappa shape index (κ3) is 3.52. The minimum Gasteiger partial charge on any atom is -0.338 e. The molecule has 1 N–H and O–H groups in total. The van der Waals surface area contributed by atoms with Crippen LogP contribution in [0.4, 0.5) is 4.79 Å². The molecule has 1 fully saturated rings. The van der Waals surface area contributed by atoms with Gasteiger partial charge in [0, 0.05) is 25.0 Å². The molecule has 3 rings (SSSR count). The molecule has 2 atom stereocenters. The van der Waals surface area contributed by atoms with E-state index in [4.69, 9.17) is 0 Å². The Morgan fingerprint density at radius 3 is 2.70 bits per heavy atom. The van der Waals surface area contributed by atoms with Crippen molar-refractivity contribution < 1.29 is 4.79 Å².